The molecule has 7 heteroatoms. The number of likely N-dealkylation sites (N-methyl/N-ethyl adjacent to an activating group) is 1. The molecule has 184 valence electrons. The van der Waals surface area contributed by atoms with Crippen LogP contribution in [-0.4, -0.2) is 23.1 Å². The highest BCUT2D eigenvalue weighted by Gasteiger charge is 2.16. The lowest BCUT2D eigenvalue weighted by Gasteiger charge is -2.17. The van der Waals surface area contributed by atoms with Crippen molar-refractivity contribution in [3.8, 4) is 11.3 Å². The van der Waals surface area contributed by atoms with Crippen molar-refractivity contribution < 1.29 is 9.18 Å². The van der Waals surface area contributed by atoms with Gasteiger partial charge in [0.15, 0.2) is 0 Å². The molecule has 1 amide bonds. The maximum atomic E-state index is 13.6. The van der Waals surface area contributed by atoms with E-state index in [-0.39, 0.29) is 23.0 Å². The first-order chi connectivity index (χ1) is 17.4. The number of anilines is 3. The van der Waals surface area contributed by atoms with Crippen molar-refractivity contribution in [2.75, 3.05) is 17.2 Å². The third-order valence-corrected chi connectivity index (χ3v) is 5.81. The van der Waals surface area contributed by atoms with Crippen LogP contribution in [0.15, 0.2) is 95.8 Å². The molecule has 0 saturated heterocycles. The molecule has 0 aliphatic heterocycles. The zero-order valence-electron chi connectivity index (χ0n) is 20.3. The van der Waals surface area contributed by atoms with Crippen LogP contribution >= 0.6 is 0 Å². The Kier molecular flexibility index (Phi) is 7.92. The molecule has 0 radical (unpaired) electrons. The lowest BCUT2D eigenvalue weighted by molar-refractivity contribution is -0.117. The van der Waals surface area contributed by atoms with E-state index in [1.54, 1.807) is 29.7 Å². The number of hydrogen-bond donors (Lipinski definition) is 3. The maximum Gasteiger partial charge on any atom is 0.275 e. The summed E-state index contributed by atoms with van der Waals surface area (Å²) in [6.07, 6.45) is 0. The molecule has 1 atom stereocenters. The summed E-state index contributed by atoms with van der Waals surface area (Å²) in [5.41, 5.74) is 4.05. The topological polar surface area (TPSA) is 75.2 Å². The fraction of sp³-hybridized carbons (Fsp3) is 0.172. The van der Waals surface area contributed by atoms with E-state index in [2.05, 4.69) is 16.0 Å². The first-order valence-corrected chi connectivity index (χ1v) is 11.9. The summed E-state index contributed by atoms with van der Waals surface area (Å²) in [6, 6.07) is 26.6. The average molecular weight is 485 g/mol. The Morgan fingerprint density at radius 2 is 1.67 bits per heavy atom. The average Bonchev–Trinajstić information content (AvgIpc) is 2.89. The van der Waals surface area contributed by atoms with E-state index in [4.69, 9.17) is 0 Å². The van der Waals surface area contributed by atoms with Gasteiger partial charge < -0.3 is 20.5 Å². The minimum Gasteiger partial charge on any atom is -0.356 e. The third-order valence-electron chi connectivity index (χ3n) is 5.81. The monoisotopic (exact) mass is 484 g/mol. The number of nitrogens with one attached hydrogen (secondary N) is 3. The Labute approximate surface area is 209 Å². The van der Waals surface area contributed by atoms with E-state index in [0.29, 0.717) is 13.1 Å². The molecule has 0 unspecified atom stereocenters. The van der Waals surface area contributed by atoms with Crippen molar-refractivity contribution in [3.05, 3.63) is 113 Å². The van der Waals surface area contributed by atoms with Gasteiger partial charge in [0.25, 0.3) is 5.56 Å². The van der Waals surface area contributed by atoms with Crippen LogP contribution < -0.4 is 21.5 Å². The molecule has 1 heterocycles. The van der Waals surface area contributed by atoms with Gasteiger partial charge in [0.1, 0.15) is 11.5 Å². The van der Waals surface area contributed by atoms with E-state index in [9.17, 15) is 14.0 Å². The van der Waals surface area contributed by atoms with Gasteiger partial charge >= 0.3 is 0 Å². The van der Waals surface area contributed by atoms with Crippen molar-refractivity contribution in [3.63, 3.8) is 0 Å². The zero-order valence-corrected chi connectivity index (χ0v) is 20.3. The molecule has 6 nitrogen and oxygen atoms in total. The number of aromatic nitrogens is 1. The molecule has 3 N–H and O–H groups in total. The van der Waals surface area contributed by atoms with Gasteiger partial charge in [0, 0.05) is 11.4 Å². The van der Waals surface area contributed by atoms with E-state index in [1.165, 1.54) is 12.1 Å². The molecule has 36 heavy (non-hydrogen) atoms. The summed E-state index contributed by atoms with van der Waals surface area (Å²) in [5, 5.41) is 9.09. The summed E-state index contributed by atoms with van der Waals surface area (Å²) in [6.45, 7) is 4.63. The molecule has 0 saturated carbocycles. The highest BCUT2D eigenvalue weighted by atomic mass is 19.1. The molecule has 0 spiro atoms. The first kappa shape index (κ1) is 24.9. The number of amides is 1. The number of rotatable bonds is 9. The minimum absolute atomic E-state index is 0.227. The number of carbonyl (C=O) groups is 1. The number of halogens is 1. The van der Waals surface area contributed by atoms with Crippen LogP contribution in [-0.2, 0) is 11.3 Å². The Balaban J connectivity index is 1.67. The van der Waals surface area contributed by atoms with E-state index >= 15 is 0 Å². The second kappa shape index (κ2) is 11.5. The second-order valence-corrected chi connectivity index (χ2v) is 8.49. The van der Waals surface area contributed by atoms with Crippen LogP contribution in [0.3, 0.4) is 0 Å². The fourth-order valence-corrected chi connectivity index (χ4v) is 3.96. The first-order valence-electron chi connectivity index (χ1n) is 11.9. The maximum absolute atomic E-state index is 13.6. The Morgan fingerprint density at radius 3 is 2.39 bits per heavy atom. The molecule has 4 rings (SSSR count). The van der Waals surface area contributed by atoms with Crippen LogP contribution in [0.1, 0.15) is 19.4 Å². The summed E-state index contributed by atoms with van der Waals surface area (Å²) in [5.74, 6) is -0.563. The van der Waals surface area contributed by atoms with E-state index in [0.717, 1.165) is 28.2 Å². The van der Waals surface area contributed by atoms with E-state index < -0.39 is 6.04 Å². The number of hydrogen-bond acceptors (Lipinski definition) is 4. The summed E-state index contributed by atoms with van der Waals surface area (Å²) < 4.78 is 14.9. The second-order valence-electron chi connectivity index (χ2n) is 8.49. The lowest BCUT2D eigenvalue weighted by Crippen LogP contribution is -2.39. The molecule has 1 aromatic heterocycles. The molecular formula is C29H29FN4O2. The number of carbonyl (C=O) groups excluding carboxylic acids is 1. The van der Waals surface area contributed by atoms with Gasteiger partial charge in [-0.3, -0.25) is 9.59 Å². The van der Waals surface area contributed by atoms with Crippen LogP contribution in [0.25, 0.3) is 11.3 Å². The van der Waals surface area contributed by atoms with Crippen molar-refractivity contribution in [2.24, 2.45) is 0 Å². The minimum atomic E-state index is -0.425. The Morgan fingerprint density at radius 1 is 0.917 bits per heavy atom. The third kappa shape index (κ3) is 6.06. The smallest absolute Gasteiger partial charge is 0.275 e. The van der Waals surface area contributed by atoms with Gasteiger partial charge in [-0.1, -0.05) is 49.4 Å². The van der Waals surface area contributed by atoms with Crippen molar-refractivity contribution in [2.45, 2.75) is 26.4 Å². The van der Waals surface area contributed by atoms with Crippen LogP contribution in [0.4, 0.5) is 21.5 Å². The molecular weight excluding hydrogens is 455 g/mol. The highest BCUT2D eigenvalue weighted by Crippen LogP contribution is 2.22. The van der Waals surface area contributed by atoms with E-state index in [1.807, 2.05) is 67.6 Å². The highest BCUT2D eigenvalue weighted by molar-refractivity contribution is 5.94. The van der Waals surface area contributed by atoms with Crippen molar-refractivity contribution >= 4 is 23.0 Å². The van der Waals surface area contributed by atoms with Crippen molar-refractivity contribution in [1.29, 1.82) is 0 Å². The van der Waals surface area contributed by atoms with Gasteiger partial charge in [-0.15, -0.1) is 0 Å². The summed E-state index contributed by atoms with van der Waals surface area (Å²) in [4.78, 5) is 26.1. The Hall–Kier alpha value is -4.23. The number of benzene rings is 3. The standard InChI is InChI=1S/C29H29FN4O2/c1-3-31-20(2)28(35)33-26-16-17-27(22-9-5-4-6-10-22)34(29(26)36)19-21-8-7-11-25(18-21)32-24-14-12-23(30)13-15-24/h4-18,20,31-32H,3,19H2,1-2H3,(H,33,35)/t20-/m0/s1. The van der Waals surface area contributed by atoms with Gasteiger partial charge in [-0.25, -0.2) is 4.39 Å². The zero-order chi connectivity index (χ0) is 25.5. The lowest BCUT2D eigenvalue weighted by atomic mass is 10.1. The number of pyridine rings is 1. The fourth-order valence-electron chi connectivity index (χ4n) is 3.96. The van der Waals surface area contributed by atoms with Gasteiger partial charge in [-0.2, -0.15) is 0 Å². The summed E-state index contributed by atoms with van der Waals surface area (Å²) >= 11 is 0. The summed E-state index contributed by atoms with van der Waals surface area (Å²) in [7, 11) is 0. The van der Waals surface area contributed by atoms with Crippen LogP contribution in [0.5, 0.6) is 0 Å². The molecule has 0 fully saturated rings. The van der Waals surface area contributed by atoms with Crippen molar-refractivity contribution in [1.82, 2.24) is 9.88 Å². The van der Waals surface area contributed by atoms with Gasteiger partial charge in [0.05, 0.1) is 18.3 Å². The van der Waals surface area contributed by atoms with Crippen LogP contribution in [0.2, 0.25) is 0 Å². The van der Waals surface area contributed by atoms with Crippen LogP contribution in [0, 0.1) is 5.82 Å². The number of nitrogens with zero attached hydrogens (tertiary/aromatic N) is 1. The molecule has 0 aliphatic carbocycles. The molecule has 0 bridgehead atoms. The largest absolute Gasteiger partial charge is 0.356 e. The van der Waals surface area contributed by atoms with Gasteiger partial charge in [0.2, 0.25) is 5.91 Å². The SMILES string of the molecule is CCN[C@@H](C)C(=O)Nc1ccc(-c2ccccc2)n(Cc2cccc(Nc3ccc(F)cc3)c2)c1=O. The Bertz CT molecular complexity index is 1380. The molecule has 0 aliphatic rings. The predicted molar refractivity (Wildman–Crippen MR) is 143 cm³/mol. The van der Waals surface area contributed by atoms with Gasteiger partial charge in [-0.05, 0) is 73.1 Å². The quantitative estimate of drug-likeness (QED) is 0.298. The normalized spacial score (nSPS) is 11.6. The molecule has 3 aromatic carbocycles. The predicted octanol–water partition coefficient (Wildman–Crippen LogP) is 5.38. The molecule has 4 aromatic rings.